The third kappa shape index (κ3) is 4.01. The molecule has 0 bridgehead atoms. The van der Waals surface area contributed by atoms with Crippen molar-refractivity contribution in [2.75, 3.05) is 6.79 Å². The fourth-order valence-electron chi connectivity index (χ4n) is 3.89. The molecule has 156 valence electrons. The number of carboxylic acids is 1. The van der Waals surface area contributed by atoms with E-state index < -0.39 is 5.97 Å². The largest absolute Gasteiger partial charge is 0.478 e. The summed E-state index contributed by atoms with van der Waals surface area (Å²) in [7, 11) is 0. The molecule has 3 aromatic rings. The summed E-state index contributed by atoms with van der Waals surface area (Å²) in [6, 6.07) is 13.4. The first kappa shape index (κ1) is 20.3. The molecule has 0 radical (unpaired) electrons. The Balaban J connectivity index is 1.54. The van der Waals surface area contributed by atoms with Gasteiger partial charge in [-0.2, -0.15) is 0 Å². The van der Waals surface area contributed by atoms with Crippen LogP contribution in [-0.2, 0) is 19.6 Å². The molecular formula is C23H23ClN2O4. The fourth-order valence-corrected chi connectivity index (χ4v) is 4.10. The molecule has 2 heterocycles. The van der Waals surface area contributed by atoms with Gasteiger partial charge in [0.2, 0.25) is 6.79 Å². The van der Waals surface area contributed by atoms with Crippen LogP contribution in [0.25, 0.3) is 0 Å². The Bertz CT molecular complexity index is 1110. The lowest BCUT2D eigenvalue weighted by Crippen LogP contribution is -2.15. The van der Waals surface area contributed by atoms with E-state index in [1.807, 2.05) is 60.9 Å². The normalized spacial score (nSPS) is 12.4. The fraction of sp³-hybridized carbons (Fsp3) is 0.261. The van der Waals surface area contributed by atoms with Crippen molar-refractivity contribution in [2.45, 2.75) is 33.5 Å². The van der Waals surface area contributed by atoms with Crippen LogP contribution < -0.4 is 14.8 Å². The van der Waals surface area contributed by atoms with Crippen molar-refractivity contribution in [2.24, 2.45) is 0 Å². The number of halogens is 1. The van der Waals surface area contributed by atoms with Gasteiger partial charge in [-0.3, -0.25) is 0 Å². The molecule has 4 rings (SSSR count). The van der Waals surface area contributed by atoms with Gasteiger partial charge in [0.15, 0.2) is 11.5 Å². The highest BCUT2D eigenvalue weighted by molar-refractivity contribution is 6.30. The van der Waals surface area contributed by atoms with Gasteiger partial charge in [-0.15, -0.1) is 0 Å². The first-order valence-electron chi connectivity index (χ1n) is 9.69. The Hall–Kier alpha value is -2.96. The number of fused-ring (bicyclic) bond motifs is 1. The summed E-state index contributed by atoms with van der Waals surface area (Å²) in [5.41, 5.74) is 4.89. The highest BCUT2D eigenvalue weighted by atomic mass is 35.5. The maximum atomic E-state index is 12.0. The SMILES string of the molecule is Cc1c(CNCc2ccc3c(c2)OCO3)c(C(=O)O)c(C)n1Cc1cccc(Cl)c1. The molecule has 2 N–H and O–H groups in total. The monoisotopic (exact) mass is 426 g/mol. The topological polar surface area (TPSA) is 72.7 Å². The number of hydrogen-bond donors (Lipinski definition) is 2. The number of nitrogens with one attached hydrogen (secondary N) is 1. The predicted octanol–water partition coefficient (Wildman–Crippen LogP) is 4.52. The van der Waals surface area contributed by atoms with Crippen LogP contribution in [0, 0.1) is 13.8 Å². The molecule has 0 saturated carbocycles. The molecule has 2 aromatic carbocycles. The zero-order valence-corrected chi connectivity index (χ0v) is 17.6. The third-order valence-corrected chi connectivity index (χ3v) is 5.66. The van der Waals surface area contributed by atoms with Crippen molar-refractivity contribution in [1.29, 1.82) is 0 Å². The smallest absolute Gasteiger partial charge is 0.337 e. The molecule has 1 aliphatic heterocycles. The number of benzene rings is 2. The number of carbonyl (C=O) groups is 1. The van der Waals surface area contributed by atoms with E-state index in [1.54, 1.807) is 0 Å². The van der Waals surface area contributed by atoms with E-state index in [4.69, 9.17) is 21.1 Å². The van der Waals surface area contributed by atoms with E-state index in [1.165, 1.54) is 0 Å². The first-order valence-corrected chi connectivity index (χ1v) is 10.1. The molecule has 7 heteroatoms. The average Bonchev–Trinajstić information content (AvgIpc) is 3.26. The van der Waals surface area contributed by atoms with E-state index in [0.717, 1.165) is 39.6 Å². The lowest BCUT2D eigenvalue weighted by atomic mass is 10.1. The Morgan fingerprint density at radius 1 is 1.07 bits per heavy atom. The summed E-state index contributed by atoms with van der Waals surface area (Å²) in [4.78, 5) is 12.0. The average molecular weight is 427 g/mol. The highest BCUT2D eigenvalue weighted by Crippen LogP contribution is 2.32. The second-order valence-electron chi connectivity index (χ2n) is 7.34. The van der Waals surface area contributed by atoms with E-state index in [2.05, 4.69) is 5.32 Å². The molecule has 6 nitrogen and oxygen atoms in total. The van der Waals surface area contributed by atoms with Crippen molar-refractivity contribution < 1.29 is 19.4 Å². The number of aromatic nitrogens is 1. The summed E-state index contributed by atoms with van der Waals surface area (Å²) in [6.07, 6.45) is 0. The van der Waals surface area contributed by atoms with E-state index in [-0.39, 0.29) is 6.79 Å². The molecule has 0 fully saturated rings. The minimum absolute atomic E-state index is 0.243. The molecule has 1 aromatic heterocycles. The second-order valence-corrected chi connectivity index (χ2v) is 7.77. The zero-order valence-electron chi connectivity index (χ0n) is 16.9. The Morgan fingerprint density at radius 2 is 1.87 bits per heavy atom. The van der Waals surface area contributed by atoms with Gasteiger partial charge in [0.05, 0.1) is 5.56 Å². The van der Waals surface area contributed by atoms with Gasteiger partial charge in [0.1, 0.15) is 0 Å². The van der Waals surface area contributed by atoms with Crippen molar-refractivity contribution in [3.05, 3.63) is 81.1 Å². The Morgan fingerprint density at radius 3 is 2.63 bits per heavy atom. The molecule has 0 aliphatic carbocycles. The number of nitrogens with zero attached hydrogens (tertiary/aromatic N) is 1. The Kier molecular flexibility index (Phi) is 5.70. The molecule has 30 heavy (non-hydrogen) atoms. The summed E-state index contributed by atoms with van der Waals surface area (Å²) >= 11 is 6.11. The molecule has 0 saturated heterocycles. The van der Waals surface area contributed by atoms with Crippen molar-refractivity contribution in [3.63, 3.8) is 0 Å². The van der Waals surface area contributed by atoms with Crippen molar-refractivity contribution >= 4 is 17.6 Å². The lowest BCUT2D eigenvalue weighted by Gasteiger charge is -2.11. The highest BCUT2D eigenvalue weighted by Gasteiger charge is 2.22. The lowest BCUT2D eigenvalue weighted by molar-refractivity contribution is 0.0694. The summed E-state index contributed by atoms with van der Waals surface area (Å²) < 4.78 is 12.8. The van der Waals surface area contributed by atoms with Crippen LogP contribution in [0.2, 0.25) is 5.02 Å². The van der Waals surface area contributed by atoms with Gasteiger partial charge in [0, 0.05) is 41.6 Å². The minimum Gasteiger partial charge on any atom is -0.478 e. The number of ether oxygens (including phenoxy) is 2. The molecule has 1 aliphatic rings. The minimum atomic E-state index is -0.916. The summed E-state index contributed by atoms with van der Waals surface area (Å²) in [5, 5.41) is 13.9. The van der Waals surface area contributed by atoms with Crippen LogP contribution in [0.4, 0.5) is 0 Å². The van der Waals surface area contributed by atoms with Gasteiger partial charge in [-0.25, -0.2) is 4.79 Å². The van der Waals surface area contributed by atoms with E-state index in [9.17, 15) is 9.90 Å². The van der Waals surface area contributed by atoms with Crippen molar-refractivity contribution in [3.8, 4) is 11.5 Å². The maximum absolute atomic E-state index is 12.0. The van der Waals surface area contributed by atoms with Gasteiger partial charge < -0.3 is 24.5 Å². The van der Waals surface area contributed by atoms with Gasteiger partial charge in [0.25, 0.3) is 0 Å². The molecule has 0 spiro atoms. The van der Waals surface area contributed by atoms with Crippen LogP contribution in [0.15, 0.2) is 42.5 Å². The molecular weight excluding hydrogens is 404 g/mol. The third-order valence-electron chi connectivity index (χ3n) is 5.42. The van der Waals surface area contributed by atoms with Crippen LogP contribution in [0.1, 0.15) is 38.4 Å². The van der Waals surface area contributed by atoms with Crippen molar-refractivity contribution in [1.82, 2.24) is 9.88 Å². The number of aromatic carboxylic acids is 1. The number of hydrogen-bond acceptors (Lipinski definition) is 4. The van der Waals surface area contributed by atoms with Gasteiger partial charge >= 0.3 is 5.97 Å². The molecule has 0 atom stereocenters. The quantitative estimate of drug-likeness (QED) is 0.581. The van der Waals surface area contributed by atoms with E-state index in [0.29, 0.717) is 30.2 Å². The van der Waals surface area contributed by atoms with Crippen LogP contribution in [-0.4, -0.2) is 22.4 Å². The maximum Gasteiger partial charge on any atom is 0.337 e. The second kappa shape index (κ2) is 8.42. The summed E-state index contributed by atoms with van der Waals surface area (Å²) in [6.45, 7) is 5.66. The van der Waals surface area contributed by atoms with Crippen LogP contribution in [0.3, 0.4) is 0 Å². The number of rotatable bonds is 7. The number of carboxylic acid groups (broad SMARTS) is 1. The first-order chi connectivity index (χ1) is 14.4. The van der Waals surface area contributed by atoms with Crippen LogP contribution in [0.5, 0.6) is 11.5 Å². The molecule has 0 unspecified atom stereocenters. The standard InChI is InChI=1S/C23H23ClN2O4/c1-14-19(11-25-10-16-6-7-20-21(9-16)30-13-29-20)22(23(27)28)15(2)26(14)12-17-4-3-5-18(24)8-17/h3-9,25H,10-13H2,1-2H3,(H,27,28). The zero-order chi connectivity index (χ0) is 21.3. The van der Waals surface area contributed by atoms with Gasteiger partial charge in [-0.05, 0) is 49.2 Å². The predicted molar refractivity (Wildman–Crippen MR) is 115 cm³/mol. The van der Waals surface area contributed by atoms with E-state index >= 15 is 0 Å². The van der Waals surface area contributed by atoms with Gasteiger partial charge in [-0.1, -0.05) is 29.8 Å². The van der Waals surface area contributed by atoms with Crippen LogP contribution >= 0.6 is 11.6 Å². The Labute approximate surface area is 180 Å². The summed E-state index contributed by atoms with van der Waals surface area (Å²) in [5.74, 6) is 0.567. The molecule has 0 amide bonds.